The Hall–Kier alpha value is -1.63. The van der Waals surface area contributed by atoms with Crippen LogP contribution in [0.15, 0.2) is 6.33 Å². The summed E-state index contributed by atoms with van der Waals surface area (Å²) in [6.07, 6.45) is 1.49. The summed E-state index contributed by atoms with van der Waals surface area (Å²) < 4.78 is 1.70. The maximum absolute atomic E-state index is 10.8. The third-order valence-electron chi connectivity index (χ3n) is 2.73. The molecule has 1 aromatic rings. The van der Waals surface area contributed by atoms with Gasteiger partial charge in [-0.1, -0.05) is 0 Å². The Bertz CT molecular complexity index is 403. The lowest BCUT2D eigenvalue weighted by Crippen LogP contribution is -2.49. The van der Waals surface area contributed by atoms with Gasteiger partial charge in [0.1, 0.15) is 0 Å². The molecule has 1 aliphatic rings. The lowest BCUT2D eigenvalue weighted by Gasteiger charge is -2.32. The average molecular weight is 225 g/mol. The second-order valence-electron chi connectivity index (χ2n) is 4.06. The zero-order chi connectivity index (χ0) is 11.7. The minimum Gasteiger partial charge on any atom is -0.358 e. The standard InChI is InChI=1S/C9H15N5O2/c1-7-5-13(4-3-10-7)9-8(14(15)16)11-6-12(9)2/h6-7,10H,3-5H2,1-2H3/t7-/m0/s1. The van der Waals surface area contributed by atoms with Gasteiger partial charge in [-0.15, -0.1) is 0 Å². The number of rotatable bonds is 2. The summed E-state index contributed by atoms with van der Waals surface area (Å²) in [4.78, 5) is 16.2. The zero-order valence-electron chi connectivity index (χ0n) is 9.38. The van der Waals surface area contributed by atoms with Gasteiger partial charge in [-0.3, -0.25) is 4.57 Å². The van der Waals surface area contributed by atoms with E-state index >= 15 is 0 Å². The van der Waals surface area contributed by atoms with Gasteiger partial charge in [0.15, 0.2) is 0 Å². The van der Waals surface area contributed by atoms with E-state index < -0.39 is 4.92 Å². The summed E-state index contributed by atoms with van der Waals surface area (Å²) in [5.74, 6) is 0.537. The van der Waals surface area contributed by atoms with E-state index in [1.165, 1.54) is 6.33 Å². The van der Waals surface area contributed by atoms with Crippen molar-refractivity contribution in [2.24, 2.45) is 7.05 Å². The van der Waals surface area contributed by atoms with E-state index in [9.17, 15) is 10.1 Å². The van der Waals surface area contributed by atoms with Crippen LogP contribution in [0.1, 0.15) is 6.92 Å². The normalized spacial score (nSPS) is 21.1. The molecule has 2 heterocycles. The minimum atomic E-state index is -0.429. The Morgan fingerprint density at radius 2 is 2.44 bits per heavy atom. The summed E-state index contributed by atoms with van der Waals surface area (Å²) in [6.45, 7) is 4.43. The van der Waals surface area contributed by atoms with Gasteiger partial charge in [-0.05, 0) is 16.8 Å². The van der Waals surface area contributed by atoms with Crippen LogP contribution in [0.3, 0.4) is 0 Å². The molecule has 0 spiro atoms. The molecule has 1 fully saturated rings. The largest absolute Gasteiger partial charge is 0.406 e. The van der Waals surface area contributed by atoms with Gasteiger partial charge < -0.3 is 20.3 Å². The van der Waals surface area contributed by atoms with E-state index in [1.54, 1.807) is 11.6 Å². The predicted molar refractivity (Wildman–Crippen MR) is 59.5 cm³/mol. The summed E-state index contributed by atoms with van der Waals surface area (Å²) in [7, 11) is 1.78. The smallest absolute Gasteiger partial charge is 0.358 e. The molecule has 1 aliphatic heterocycles. The zero-order valence-corrected chi connectivity index (χ0v) is 9.38. The molecule has 0 radical (unpaired) electrons. The first-order valence-electron chi connectivity index (χ1n) is 5.23. The predicted octanol–water partition coefficient (Wildman–Crippen LogP) is 0.126. The highest BCUT2D eigenvalue weighted by Crippen LogP contribution is 2.26. The monoisotopic (exact) mass is 225 g/mol. The van der Waals surface area contributed by atoms with Crippen molar-refractivity contribution in [1.29, 1.82) is 0 Å². The number of aromatic nitrogens is 2. The summed E-state index contributed by atoms with van der Waals surface area (Å²) in [5.41, 5.74) is 0. The van der Waals surface area contributed by atoms with Crippen LogP contribution >= 0.6 is 0 Å². The minimum absolute atomic E-state index is 0.0587. The molecule has 0 saturated carbocycles. The second kappa shape index (κ2) is 4.09. The van der Waals surface area contributed by atoms with Crippen LogP contribution in [-0.2, 0) is 7.05 Å². The van der Waals surface area contributed by atoms with Gasteiger partial charge in [-0.2, -0.15) is 0 Å². The molecule has 0 unspecified atom stereocenters. The van der Waals surface area contributed by atoms with Crippen molar-refractivity contribution in [2.75, 3.05) is 24.5 Å². The first-order valence-corrected chi connectivity index (χ1v) is 5.23. The molecular formula is C9H15N5O2. The maximum atomic E-state index is 10.8. The van der Waals surface area contributed by atoms with Crippen LogP contribution in [-0.4, -0.2) is 40.2 Å². The molecule has 16 heavy (non-hydrogen) atoms. The van der Waals surface area contributed by atoms with Crippen LogP contribution < -0.4 is 10.2 Å². The fourth-order valence-electron chi connectivity index (χ4n) is 2.03. The molecular weight excluding hydrogens is 210 g/mol. The maximum Gasteiger partial charge on any atom is 0.406 e. The highest BCUT2D eigenvalue weighted by atomic mass is 16.6. The molecule has 0 amide bonds. The number of piperazine rings is 1. The Morgan fingerprint density at radius 3 is 3.06 bits per heavy atom. The lowest BCUT2D eigenvalue weighted by molar-refractivity contribution is -0.388. The number of imidazole rings is 1. The topological polar surface area (TPSA) is 76.2 Å². The third-order valence-corrected chi connectivity index (χ3v) is 2.73. The number of hydrogen-bond donors (Lipinski definition) is 1. The summed E-state index contributed by atoms with van der Waals surface area (Å²) in [5, 5.41) is 14.1. The van der Waals surface area contributed by atoms with Gasteiger partial charge in [-0.25, -0.2) is 0 Å². The molecule has 1 aromatic heterocycles. The molecule has 1 N–H and O–H groups in total. The molecule has 7 heteroatoms. The van der Waals surface area contributed by atoms with E-state index in [4.69, 9.17) is 0 Å². The van der Waals surface area contributed by atoms with E-state index in [2.05, 4.69) is 17.2 Å². The summed E-state index contributed by atoms with van der Waals surface area (Å²) >= 11 is 0. The number of anilines is 1. The van der Waals surface area contributed by atoms with Gasteiger partial charge in [0.05, 0.1) is 0 Å². The van der Waals surface area contributed by atoms with Crippen molar-refractivity contribution in [3.8, 4) is 0 Å². The fourth-order valence-corrected chi connectivity index (χ4v) is 2.03. The first kappa shape index (κ1) is 10.9. The van der Waals surface area contributed by atoms with Crippen molar-refractivity contribution in [3.63, 3.8) is 0 Å². The molecule has 2 rings (SSSR count). The van der Waals surface area contributed by atoms with Gasteiger partial charge >= 0.3 is 5.82 Å². The van der Waals surface area contributed by atoms with Gasteiger partial charge in [0.25, 0.3) is 0 Å². The number of hydrogen-bond acceptors (Lipinski definition) is 5. The Kier molecular flexibility index (Phi) is 2.78. The molecule has 88 valence electrons. The number of aryl methyl sites for hydroxylation is 1. The molecule has 1 atom stereocenters. The van der Waals surface area contributed by atoms with Crippen LogP contribution in [0, 0.1) is 10.1 Å². The molecule has 7 nitrogen and oxygen atoms in total. The molecule has 0 aromatic carbocycles. The number of nitro groups is 1. The van der Waals surface area contributed by atoms with Crippen molar-refractivity contribution < 1.29 is 4.92 Å². The van der Waals surface area contributed by atoms with E-state index in [0.29, 0.717) is 11.9 Å². The fraction of sp³-hybridized carbons (Fsp3) is 0.667. The number of nitrogens with zero attached hydrogens (tertiary/aromatic N) is 4. The van der Waals surface area contributed by atoms with E-state index in [0.717, 1.165) is 19.6 Å². The lowest BCUT2D eigenvalue weighted by atomic mass is 10.2. The third kappa shape index (κ3) is 1.85. The van der Waals surface area contributed by atoms with Crippen molar-refractivity contribution in [1.82, 2.24) is 14.9 Å². The highest BCUT2D eigenvalue weighted by Gasteiger charge is 2.27. The Balaban J connectivity index is 2.31. The highest BCUT2D eigenvalue weighted by molar-refractivity contribution is 5.55. The van der Waals surface area contributed by atoms with Crippen molar-refractivity contribution in [3.05, 3.63) is 16.4 Å². The van der Waals surface area contributed by atoms with Crippen LogP contribution in [0.25, 0.3) is 0 Å². The van der Waals surface area contributed by atoms with Crippen molar-refractivity contribution in [2.45, 2.75) is 13.0 Å². The second-order valence-corrected chi connectivity index (χ2v) is 4.06. The van der Waals surface area contributed by atoms with Crippen molar-refractivity contribution >= 4 is 11.6 Å². The summed E-state index contributed by atoms with van der Waals surface area (Å²) in [6, 6.07) is 0.336. The molecule has 0 aliphatic carbocycles. The van der Waals surface area contributed by atoms with Gasteiger partial charge in [0, 0.05) is 32.7 Å². The van der Waals surface area contributed by atoms with E-state index in [1.807, 2.05) is 4.90 Å². The first-order chi connectivity index (χ1) is 7.59. The van der Waals surface area contributed by atoms with Crippen LogP contribution in [0.4, 0.5) is 11.6 Å². The SMILES string of the molecule is C[C@H]1CN(c2c([N+](=O)[O-])ncn2C)CCN1. The van der Waals surface area contributed by atoms with Crippen LogP contribution in [0.5, 0.6) is 0 Å². The quantitative estimate of drug-likeness (QED) is 0.571. The van der Waals surface area contributed by atoms with E-state index in [-0.39, 0.29) is 5.82 Å². The molecule has 1 saturated heterocycles. The Morgan fingerprint density at radius 1 is 1.69 bits per heavy atom. The average Bonchev–Trinajstić information content (AvgIpc) is 2.60. The molecule has 0 bridgehead atoms. The number of nitrogens with one attached hydrogen (secondary N) is 1. The van der Waals surface area contributed by atoms with Gasteiger partial charge in [0.2, 0.25) is 12.1 Å². The van der Waals surface area contributed by atoms with Crippen LogP contribution in [0.2, 0.25) is 0 Å². The Labute approximate surface area is 93.2 Å².